The fourth-order valence-corrected chi connectivity index (χ4v) is 2.56. The summed E-state index contributed by atoms with van der Waals surface area (Å²) in [5.74, 6) is 0.897. The van der Waals surface area contributed by atoms with Crippen LogP contribution in [0.1, 0.15) is 57.4 Å². The molecule has 0 heterocycles. The third-order valence-electron chi connectivity index (χ3n) is 3.48. The molecule has 0 aliphatic heterocycles. The highest BCUT2D eigenvalue weighted by Gasteiger charge is 2.07. The van der Waals surface area contributed by atoms with E-state index in [0.29, 0.717) is 6.54 Å². The lowest BCUT2D eigenvalue weighted by molar-refractivity contribution is 0.301. The van der Waals surface area contributed by atoms with Gasteiger partial charge >= 0.3 is 0 Å². The molecule has 0 aromatic heterocycles. The maximum atomic E-state index is 6.18. The number of benzene rings is 1. The van der Waals surface area contributed by atoms with Crippen molar-refractivity contribution in [2.45, 2.75) is 58.3 Å². The van der Waals surface area contributed by atoms with Crippen LogP contribution in [0, 0.1) is 0 Å². The van der Waals surface area contributed by atoms with Gasteiger partial charge in [-0.05, 0) is 31.5 Å². The van der Waals surface area contributed by atoms with Crippen molar-refractivity contribution in [1.82, 2.24) is 0 Å². The first-order valence-electron chi connectivity index (χ1n) is 7.89. The summed E-state index contributed by atoms with van der Waals surface area (Å²) in [7, 11) is 0. The summed E-state index contributed by atoms with van der Waals surface area (Å²) in [6, 6.07) is 5.81. The molecular weight excluding hydrogens is 270 g/mol. The average molecular weight is 298 g/mol. The molecule has 20 heavy (non-hydrogen) atoms. The second-order valence-corrected chi connectivity index (χ2v) is 5.63. The number of hydrogen-bond donors (Lipinski definition) is 1. The first-order chi connectivity index (χ1) is 9.79. The zero-order valence-corrected chi connectivity index (χ0v) is 13.4. The molecule has 0 atom stereocenters. The van der Waals surface area contributed by atoms with Crippen molar-refractivity contribution in [2.24, 2.45) is 5.73 Å². The van der Waals surface area contributed by atoms with Gasteiger partial charge < -0.3 is 10.5 Å². The summed E-state index contributed by atoms with van der Waals surface area (Å²) < 4.78 is 5.86. The van der Waals surface area contributed by atoms with Crippen LogP contribution < -0.4 is 10.5 Å². The van der Waals surface area contributed by atoms with Crippen molar-refractivity contribution in [3.8, 4) is 5.75 Å². The Kier molecular flexibility index (Phi) is 9.52. The standard InChI is InChI=1S/C17H28ClNO/c1-2-3-4-5-6-7-8-14-20-17-11-9-10-16(18)15(17)12-13-19/h9-11H,2-8,12-14,19H2,1H3. The maximum absolute atomic E-state index is 6.18. The number of hydrogen-bond acceptors (Lipinski definition) is 2. The van der Waals surface area contributed by atoms with E-state index in [4.69, 9.17) is 22.1 Å². The van der Waals surface area contributed by atoms with E-state index in [2.05, 4.69) is 6.92 Å². The summed E-state index contributed by atoms with van der Waals surface area (Å²) in [4.78, 5) is 0. The molecule has 0 saturated carbocycles. The molecule has 0 unspecified atom stereocenters. The summed E-state index contributed by atoms with van der Waals surface area (Å²) in [6.07, 6.45) is 9.83. The zero-order valence-electron chi connectivity index (χ0n) is 12.7. The monoisotopic (exact) mass is 297 g/mol. The molecule has 2 N–H and O–H groups in total. The maximum Gasteiger partial charge on any atom is 0.124 e. The van der Waals surface area contributed by atoms with Gasteiger partial charge in [0.15, 0.2) is 0 Å². The Morgan fingerprint density at radius 1 is 1.05 bits per heavy atom. The second kappa shape index (κ2) is 11.0. The van der Waals surface area contributed by atoms with Gasteiger partial charge in [-0.2, -0.15) is 0 Å². The van der Waals surface area contributed by atoms with E-state index in [9.17, 15) is 0 Å². The van der Waals surface area contributed by atoms with E-state index >= 15 is 0 Å². The highest BCUT2D eigenvalue weighted by atomic mass is 35.5. The van der Waals surface area contributed by atoms with Gasteiger partial charge in [0.2, 0.25) is 0 Å². The molecule has 0 bridgehead atoms. The van der Waals surface area contributed by atoms with Gasteiger partial charge in [0.1, 0.15) is 5.75 Å². The minimum atomic E-state index is 0.595. The molecule has 0 spiro atoms. The number of ether oxygens (including phenoxy) is 1. The van der Waals surface area contributed by atoms with Crippen LogP contribution in [0.25, 0.3) is 0 Å². The summed E-state index contributed by atoms with van der Waals surface area (Å²) in [5.41, 5.74) is 6.66. The van der Waals surface area contributed by atoms with Crippen molar-refractivity contribution in [1.29, 1.82) is 0 Å². The predicted molar refractivity (Wildman–Crippen MR) is 87.7 cm³/mol. The molecule has 3 heteroatoms. The highest BCUT2D eigenvalue weighted by Crippen LogP contribution is 2.26. The molecule has 0 aliphatic carbocycles. The van der Waals surface area contributed by atoms with Gasteiger partial charge in [-0.25, -0.2) is 0 Å². The van der Waals surface area contributed by atoms with Crippen molar-refractivity contribution in [3.63, 3.8) is 0 Å². The Morgan fingerprint density at radius 3 is 2.45 bits per heavy atom. The van der Waals surface area contributed by atoms with Crippen LogP contribution in [0.15, 0.2) is 18.2 Å². The van der Waals surface area contributed by atoms with Crippen molar-refractivity contribution in [2.75, 3.05) is 13.2 Å². The Bertz CT molecular complexity index is 368. The molecule has 0 aliphatic rings. The number of halogens is 1. The van der Waals surface area contributed by atoms with Crippen LogP contribution in [-0.4, -0.2) is 13.2 Å². The molecule has 0 radical (unpaired) electrons. The Morgan fingerprint density at radius 2 is 1.75 bits per heavy atom. The molecule has 1 rings (SSSR count). The Hall–Kier alpha value is -0.730. The molecule has 1 aromatic carbocycles. The molecule has 0 fully saturated rings. The van der Waals surface area contributed by atoms with E-state index in [0.717, 1.165) is 35.8 Å². The summed E-state index contributed by atoms with van der Waals surface area (Å²) in [5, 5.41) is 0.757. The topological polar surface area (TPSA) is 35.2 Å². The van der Waals surface area contributed by atoms with E-state index in [1.807, 2.05) is 18.2 Å². The lowest BCUT2D eigenvalue weighted by atomic mass is 10.1. The zero-order chi connectivity index (χ0) is 14.6. The minimum absolute atomic E-state index is 0.595. The average Bonchev–Trinajstić information content (AvgIpc) is 2.45. The molecule has 1 aromatic rings. The van der Waals surface area contributed by atoms with Crippen LogP contribution in [0.5, 0.6) is 5.75 Å². The van der Waals surface area contributed by atoms with Gasteiger partial charge in [-0.1, -0.05) is 63.1 Å². The number of rotatable bonds is 11. The lowest BCUT2D eigenvalue weighted by Crippen LogP contribution is -2.06. The van der Waals surface area contributed by atoms with Gasteiger partial charge in [-0.3, -0.25) is 0 Å². The van der Waals surface area contributed by atoms with Crippen LogP contribution in [0.2, 0.25) is 5.02 Å². The highest BCUT2D eigenvalue weighted by molar-refractivity contribution is 6.31. The lowest BCUT2D eigenvalue weighted by Gasteiger charge is -2.12. The third-order valence-corrected chi connectivity index (χ3v) is 3.83. The van der Waals surface area contributed by atoms with Crippen LogP contribution in [0.4, 0.5) is 0 Å². The third kappa shape index (κ3) is 6.62. The summed E-state index contributed by atoms with van der Waals surface area (Å²) >= 11 is 6.18. The van der Waals surface area contributed by atoms with Crippen LogP contribution >= 0.6 is 11.6 Å². The normalized spacial score (nSPS) is 10.8. The van der Waals surface area contributed by atoms with Crippen molar-refractivity contribution < 1.29 is 4.74 Å². The summed E-state index contributed by atoms with van der Waals surface area (Å²) in [6.45, 7) is 3.61. The molecule has 2 nitrogen and oxygen atoms in total. The largest absolute Gasteiger partial charge is 0.493 e. The van der Waals surface area contributed by atoms with Crippen LogP contribution in [-0.2, 0) is 6.42 Å². The number of nitrogens with two attached hydrogens (primary N) is 1. The first kappa shape index (κ1) is 17.3. The molecule has 0 amide bonds. The Balaban J connectivity index is 2.23. The Labute approximate surface area is 128 Å². The van der Waals surface area contributed by atoms with Crippen molar-refractivity contribution >= 4 is 11.6 Å². The molecular formula is C17H28ClNO. The SMILES string of the molecule is CCCCCCCCCOc1cccc(Cl)c1CCN. The van der Waals surface area contributed by atoms with Gasteiger partial charge in [0.25, 0.3) is 0 Å². The molecule has 114 valence electrons. The van der Waals surface area contributed by atoms with E-state index in [1.54, 1.807) is 0 Å². The fourth-order valence-electron chi connectivity index (χ4n) is 2.30. The van der Waals surface area contributed by atoms with Gasteiger partial charge in [-0.15, -0.1) is 0 Å². The van der Waals surface area contributed by atoms with Crippen LogP contribution in [0.3, 0.4) is 0 Å². The predicted octanol–water partition coefficient (Wildman–Crippen LogP) is 4.97. The smallest absolute Gasteiger partial charge is 0.124 e. The second-order valence-electron chi connectivity index (χ2n) is 5.22. The van der Waals surface area contributed by atoms with Gasteiger partial charge in [0.05, 0.1) is 6.61 Å². The van der Waals surface area contributed by atoms with E-state index in [-0.39, 0.29) is 0 Å². The van der Waals surface area contributed by atoms with Gasteiger partial charge in [0, 0.05) is 10.6 Å². The molecule has 0 saturated heterocycles. The first-order valence-corrected chi connectivity index (χ1v) is 8.27. The number of unbranched alkanes of at least 4 members (excludes halogenated alkanes) is 6. The van der Waals surface area contributed by atoms with E-state index in [1.165, 1.54) is 38.5 Å². The van der Waals surface area contributed by atoms with Crippen molar-refractivity contribution in [3.05, 3.63) is 28.8 Å². The van der Waals surface area contributed by atoms with E-state index < -0.39 is 0 Å². The minimum Gasteiger partial charge on any atom is -0.493 e. The quantitative estimate of drug-likeness (QED) is 0.585. The fraction of sp³-hybridized carbons (Fsp3) is 0.647.